The van der Waals surface area contributed by atoms with E-state index in [1.807, 2.05) is 12.1 Å². The van der Waals surface area contributed by atoms with Crippen LogP contribution in [0.2, 0.25) is 0 Å². The van der Waals surface area contributed by atoms with Gasteiger partial charge in [0.2, 0.25) is 0 Å². The summed E-state index contributed by atoms with van der Waals surface area (Å²) < 4.78 is 0. The number of hydrogen-bond donors (Lipinski definition) is 2. The molecule has 1 amide bonds. The average Bonchev–Trinajstić information content (AvgIpc) is 2.47. The minimum Gasteiger partial charge on any atom is -0.326 e. The van der Waals surface area contributed by atoms with Crippen molar-refractivity contribution in [3.63, 3.8) is 0 Å². The van der Waals surface area contributed by atoms with Gasteiger partial charge in [0.1, 0.15) is 0 Å². The maximum absolute atomic E-state index is 12.2. The molecule has 21 heavy (non-hydrogen) atoms. The highest BCUT2D eigenvalue weighted by atomic mass is 16.6. The lowest BCUT2D eigenvalue weighted by Gasteiger charge is -2.09. The van der Waals surface area contributed by atoms with Crippen LogP contribution in [0.25, 0.3) is 0 Å². The Hall–Kier alpha value is -2.73. The number of nitrogens with two attached hydrogens (primary N) is 1. The van der Waals surface area contributed by atoms with Crippen LogP contribution < -0.4 is 11.1 Å². The van der Waals surface area contributed by atoms with E-state index < -0.39 is 10.8 Å². The number of nitro groups is 1. The predicted molar refractivity (Wildman–Crippen MR) is 80.1 cm³/mol. The van der Waals surface area contributed by atoms with Crippen LogP contribution in [0.4, 0.5) is 11.4 Å². The first kappa shape index (κ1) is 14.7. The fourth-order valence-electron chi connectivity index (χ4n) is 1.96. The Morgan fingerprint density at radius 1 is 1.29 bits per heavy atom. The molecule has 6 heteroatoms. The highest BCUT2D eigenvalue weighted by molar-refractivity contribution is 6.05. The molecular weight excluding hydrogens is 270 g/mol. The summed E-state index contributed by atoms with van der Waals surface area (Å²) in [6.07, 6.45) is 0. The second kappa shape index (κ2) is 6.15. The van der Waals surface area contributed by atoms with Gasteiger partial charge in [0.15, 0.2) is 0 Å². The quantitative estimate of drug-likeness (QED) is 0.666. The fourth-order valence-corrected chi connectivity index (χ4v) is 1.96. The van der Waals surface area contributed by atoms with E-state index in [1.165, 1.54) is 6.07 Å². The molecule has 2 aromatic carbocycles. The number of nitrogens with one attached hydrogen (secondary N) is 1. The molecule has 0 spiro atoms. The van der Waals surface area contributed by atoms with E-state index in [1.54, 1.807) is 31.2 Å². The number of hydrogen-bond acceptors (Lipinski definition) is 4. The third kappa shape index (κ3) is 3.24. The summed E-state index contributed by atoms with van der Waals surface area (Å²) in [5.74, 6) is -0.404. The monoisotopic (exact) mass is 285 g/mol. The van der Waals surface area contributed by atoms with Crippen molar-refractivity contribution in [3.8, 4) is 0 Å². The van der Waals surface area contributed by atoms with E-state index in [9.17, 15) is 14.9 Å². The van der Waals surface area contributed by atoms with Crippen molar-refractivity contribution in [2.75, 3.05) is 5.32 Å². The molecule has 108 valence electrons. The third-order valence-electron chi connectivity index (χ3n) is 3.15. The molecule has 0 bridgehead atoms. The molecule has 0 radical (unpaired) electrons. The normalized spacial score (nSPS) is 10.2. The third-order valence-corrected chi connectivity index (χ3v) is 3.15. The number of carbonyl (C=O) groups is 1. The molecule has 0 heterocycles. The highest BCUT2D eigenvalue weighted by Gasteiger charge is 2.15. The van der Waals surface area contributed by atoms with Crippen molar-refractivity contribution in [2.24, 2.45) is 5.73 Å². The number of aryl methyl sites for hydroxylation is 1. The number of anilines is 1. The van der Waals surface area contributed by atoms with Gasteiger partial charge in [0.05, 0.1) is 4.92 Å². The zero-order valence-corrected chi connectivity index (χ0v) is 11.5. The van der Waals surface area contributed by atoms with Crippen molar-refractivity contribution in [1.29, 1.82) is 0 Å². The lowest BCUT2D eigenvalue weighted by molar-refractivity contribution is -0.385. The Balaban J connectivity index is 2.29. The Labute approximate surface area is 121 Å². The minimum atomic E-state index is -0.500. The SMILES string of the molecule is Cc1ccc(C(=O)Nc2ccccc2CN)cc1[N+](=O)[O-]. The maximum Gasteiger partial charge on any atom is 0.273 e. The van der Waals surface area contributed by atoms with Gasteiger partial charge in [-0.25, -0.2) is 0 Å². The predicted octanol–water partition coefficient (Wildman–Crippen LogP) is 2.61. The Morgan fingerprint density at radius 3 is 2.67 bits per heavy atom. The number of nitro benzene ring substituents is 1. The second-order valence-corrected chi connectivity index (χ2v) is 4.57. The van der Waals surface area contributed by atoms with Gasteiger partial charge in [-0.3, -0.25) is 14.9 Å². The van der Waals surface area contributed by atoms with E-state index in [-0.39, 0.29) is 11.3 Å². The average molecular weight is 285 g/mol. The summed E-state index contributed by atoms with van der Waals surface area (Å²) in [6, 6.07) is 11.6. The molecule has 2 aromatic rings. The van der Waals surface area contributed by atoms with E-state index in [2.05, 4.69) is 5.32 Å². The van der Waals surface area contributed by atoms with Crippen molar-refractivity contribution in [1.82, 2.24) is 0 Å². The van der Waals surface area contributed by atoms with Crippen LogP contribution in [-0.2, 0) is 6.54 Å². The van der Waals surface area contributed by atoms with Crippen LogP contribution in [0.15, 0.2) is 42.5 Å². The van der Waals surface area contributed by atoms with Crippen molar-refractivity contribution in [2.45, 2.75) is 13.5 Å². The summed E-state index contributed by atoms with van der Waals surface area (Å²) in [6.45, 7) is 1.92. The van der Waals surface area contributed by atoms with Gasteiger partial charge in [0, 0.05) is 29.4 Å². The summed E-state index contributed by atoms with van der Waals surface area (Å²) >= 11 is 0. The first-order valence-corrected chi connectivity index (χ1v) is 6.37. The standard InChI is InChI=1S/C15H15N3O3/c1-10-6-7-11(8-14(10)18(20)21)15(19)17-13-5-3-2-4-12(13)9-16/h2-8H,9,16H2,1H3,(H,17,19). The van der Waals surface area contributed by atoms with Crippen molar-refractivity contribution < 1.29 is 9.72 Å². The van der Waals surface area contributed by atoms with E-state index in [0.29, 0.717) is 17.8 Å². The molecule has 6 nitrogen and oxygen atoms in total. The van der Waals surface area contributed by atoms with Crippen LogP contribution >= 0.6 is 0 Å². The lowest BCUT2D eigenvalue weighted by atomic mass is 10.1. The number of rotatable bonds is 4. The fraction of sp³-hybridized carbons (Fsp3) is 0.133. The van der Waals surface area contributed by atoms with Crippen LogP contribution in [0, 0.1) is 17.0 Å². The van der Waals surface area contributed by atoms with Gasteiger partial charge in [-0.2, -0.15) is 0 Å². The number of benzene rings is 2. The topological polar surface area (TPSA) is 98.3 Å². The smallest absolute Gasteiger partial charge is 0.273 e. The van der Waals surface area contributed by atoms with Gasteiger partial charge < -0.3 is 11.1 Å². The van der Waals surface area contributed by atoms with Crippen LogP contribution in [0.5, 0.6) is 0 Å². The Morgan fingerprint density at radius 2 is 2.00 bits per heavy atom. The lowest BCUT2D eigenvalue weighted by Crippen LogP contribution is -2.14. The highest BCUT2D eigenvalue weighted by Crippen LogP contribution is 2.21. The second-order valence-electron chi connectivity index (χ2n) is 4.57. The molecule has 0 unspecified atom stereocenters. The summed E-state index contributed by atoms with van der Waals surface area (Å²) in [5.41, 5.74) is 7.69. The number of nitrogens with zero attached hydrogens (tertiary/aromatic N) is 1. The summed E-state index contributed by atoms with van der Waals surface area (Å²) in [5, 5.41) is 13.6. The number of para-hydroxylation sites is 1. The van der Waals surface area contributed by atoms with E-state index in [4.69, 9.17) is 5.73 Å². The summed E-state index contributed by atoms with van der Waals surface area (Å²) in [7, 11) is 0. The van der Waals surface area contributed by atoms with Gasteiger partial charge >= 0.3 is 0 Å². The number of carbonyl (C=O) groups excluding carboxylic acids is 1. The molecule has 0 atom stereocenters. The van der Waals surface area contributed by atoms with Gasteiger partial charge in [-0.15, -0.1) is 0 Å². The van der Waals surface area contributed by atoms with Gasteiger partial charge in [0.25, 0.3) is 11.6 Å². The van der Waals surface area contributed by atoms with E-state index >= 15 is 0 Å². The van der Waals surface area contributed by atoms with Crippen molar-refractivity contribution >= 4 is 17.3 Å². The first-order chi connectivity index (χ1) is 10.0. The molecule has 0 saturated carbocycles. The van der Waals surface area contributed by atoms with Crippen LogP contribution in [-0.4, -0.2) is 10.8 Å². The van der Waals surface area contributed by atoms with Crippen LogP contribution in [0.3, 0.4) is 0 Å². The molecular formula is C15H15N3O3. The molecule has 2 rings (SSSR count). The van der Waals surface area contributed by atoms with Gasteiger partial charge in [-0.05, 0) is 24.6 Å². The van der Waals surface area contributed by atoms with E-state index in [0.717, 1.165) is 5.56 Å². The molecule has 3 N–H and O–H groups in total. The van der Waals surface area contributed by atoms with Crippen LogP contribution in [0.1, 0.15) is 21.5 Å². The zero-order valence-electron chi connectivity index (χ0n) is 11.5. The molecule has 0 aliphatic heterocycles. The Kier molecular flexibility index (Phi) is 4.30. The first-order valence-electron chi connectivity index (χ1n) is 6.37. The number of amides is 1. The molecule has 0 aliphatic carbocycles. The Bertz CT molecular complexity index is 698. The molecule has 0 fully saturated rings. The zero-order chi connectivity index (χ0) is 15.4. The summed E-state index contributed by atoms with van der Waals surface area (Å²) in [4.78, 5) is 22.6. The minimum absolute atomic E-state index is 0.0743. The molecule has 0 aromatic heterocycles. The molecule has 0 saturated heterocycles. The molecule has 0 aliphatic rings. The largest absolute Gasteiger partial charge is 0.326 e. The maximum atomic E-state index is 12.2. The van der Waals surface area contributed by atoms with Gasteiger partial charge in [-0.1, -0.05) is 24.3 Å². The van der Waals surface area contributed by atoms with Crippen molar-refractivity contribution in [3.05, 3.63) is 69.3 Å².